The molecule has 7 nitrogen and oxygen atoms in total. The molecule has 3 N–H and O–H groups in total. The van der Waals surface area contributed by atoms with E-state index in [-0.39, 0.29) is 11.1 Å². The molecule has 28 heavy (non-hydrogen) atoms. The topological polar surface area (TPSA) is 113 Å². The van der Waals surface area contributed by atoms with E-state index in [9.17, 15) is 29.0 Å². The van der Waals surface area contributed by atoms with Crippen molar-refractivity contribution < 1.29 is 33.7 Å². The summed E-state index contributed by atoms with van der Waals surface area (Å²) in [5.41, 5.74) is -1.93. The van der Waals surface area contributed by atoms with Gasteiger partial charge in [0.05, 0.1) is 13.2 Å². The molecular weight excluding hydrogens is 369 g/mol. The predicted molar refractivity (Wildman–Crippen MR) is 95.7 cm³/mol. The van der Waals surface area contributed by atoms with Gasteiger partial charge in [-0.25, -0.2) is 14.0 Å². The molecule has 1 atom stereocenters. The standard InChI is InChI=1S/C20H16FNO6/c1-28-14-8-4-11(5-9-14)16-15(10-20(22-16,18(24)25)19(26)27)17(23)12-2-6-13(21)7-3-12/h2-10,16,22H,1H3,(H,24,25)(H,26,27)/t16-/m1/s1. The molecular formula is C20H16FNO6. The molecule has 1 heterocycles. The molecule has 0 saturated heterocycles. The zero-order valence-electron chi connectivity index (χ0n) is 14.7. The summed E-state index contributed by atoms with van der Waals surface area (Å²) in [5, 5.41) is 21.6. The zero-order chi connectivity index (χ0) is 20.5. The monoisotopic (exact) mass is 385 g/mol. The highest BCUT2D eigenvalue weighted by molar-refractivity contribution is 6.14. The van der Waals surface area contributed by atoms with Crippen LogP contribution in [-0.4, -0.2) is 40.6 Å². The summed E-state index contributed by atoms with van der Waals surface area (Å²) in [5.74, 6) is -3.90. The van der Waals surface area contributed by atoms with Gasteiger partial charge in [-0.3, -0.25) is 10.1 Å². The molecule has 0 aromatic heterocycles. The summed E-state index contributed by atoms with van der Waals surface area (Å²) in [7, 11) is 1.48. The van der Waals surface area contributed by atoms with E-state index in [4.69, 9.17) is 4.74 Å². The quantitative estimate of drug-likeness (QED) is 0.516. The molecule has 0 bridgehead atoms. The van der Waals surface area contributed by atoms with Crippen molar-refractivity contribution in [3.05, 3.63) is 77.1 Å². The highest BCUT2D eigenvalue weighted by Gasteiger charge is 2.52. The van der Waals surface area contributed by atoms with Gasteiger partial charge in [-0.15, -0.1) is 0 Å². The van der Waals surface area contributed by atoms with Gasteiger partial charge >= 0.3 is 11.9 Å². The summed E-state index contributed by atoms with van der Waals surface area (Å²) in [6, 6.07) is 10.1. The number of benzene rings is 2. The first-order valence-electron chi connectivity index (χ1n) is 8.20. The molecule has 0 fully saturated rings. The largest absolute Gasteiger partial charge is 0.497 e. The minimum Gasteiger partial charge on any atom is -0.497 e. The molecule has 2 aromatic rings. The molecule has 1 aliphatic heterocycles. The molecule has 0 unspecified atom stereocenters. The van der Waals surface area contributed by atoms with Crippen LogP contribution in [0.4, 0.5) is 4.39 Å². The van der Waals surface area contributed by atoms with Crippen LogP contribution in [0.15, 0.2) is 60.2 Å². The Hall–Kier alpha value is -3.52. The van der Waals surface area contributed by atoms with Crippen molar-refractivity contribution in [1.82, 2.24) is 5.32 Å². The van der Waals surface area contributed by atoms with Crippen molar-refractivity contribution in [3.8, 4) is 5.75 Å². The van der Waals surface area contributed by atoms with Gasteiger partial charge in [-0.2, -0.15) is 0 Å². The molecule has 8 heteroatoms. The number of carbonyl (C=O) groups excluding carboxylic acids is 1. The molecule has 0 radical (unpaired) electrons. The summed E-state index contributed by atoms with van der Waals surface area (Å²) in [6.45, 7) is 0. The summed E-state index contributed by atoms with van der Waals surface area (Å²) in [4.78, 5) is 36.4. The maximum Gasteiger partial charge on any atom is 0.339 e. The van der Waals surface area contributed by atoms with Gasteiger partial charge in [0.25, 0.3) is 0 Å². The Balaban J connectivity index is 2.10. The first kappa shape index (κ1) is 19.2. The highest BCUT2D eigenvalue weighted by atomic mass is 19.1. The number of carboxylic acids is 2. The van der Waals surface area contributed by atoms with Crippen LogP contribution < -0.4 is 10.1 Å². The number of ether oxygens (including phenoxy) is 1. The third-order valence-electron chi connectivity index (χ3n) is 4.55. The number of Topliss-reactive ketones (excluding diaryl/α,β-unsaturated/α-hetero) is 1. The Bertz CT molecular complexity index is 951. The number of rotatable bonds is 6. The Morgan fingerprint density at radius 1 is 1.00 bits per heavy atom. The number of halogens is 1. The van der Waals surface area contributed by atoms with Crippen LogP contribution in [0.5, 0.6) is 5.75 Å². The Morgan fingerprint density at radius 3 is 2.07 bits per heavy atom. The van der Waals surface area contributed by atoms with Gasteiger partial charge in [0.2, 0.25) is 5.54 Å². The zero-order valence-corrected chi connectivity index (χ0v) is 14.7. The van der Waals surface area contributed by atoms with E-state index in [0.717, 1.165) is 18.2 Å². The summed E-state index contributed by atoms with van der Waals surface area (Å²) in [6.07, 6.45) is 0.901. The number of hydrogen-bond donors (Lipinski definition) is 3. The van der Waals surface area contributed by atoms with Crippen LogP contribution in [0.1, 0.15) is 22.0 Å². The van der Waals surface area contributed by atoms with E-state index in [0.29, 0.717) is 11.3 Å². The van der Waals surface area contributed by atoms with E-state index in [1.165, 1.54) is 19.2 Å². The molecule has 0 amide bonds. The second-order valence-electron chi connectivity index (χ2n) is 6.20. The van der Waals surface area contributed by atoms with Crippen LogP contribution in [0.3, 0.4) is 0 Å². The summed E-state index contributed by atoms with van der Waals surface area (Å²) < 4.78 is 18.2. The molecule has 0 aliphatic carbocycles. The van der Waals surface area contributed by atoms with Crippen LogP contribution in [0, 0.1) is 5.82 Å². The fourth-order valence-corrected chi connectivity index (χ4v) is 3.03. The van der Waals surface area contributed by atoms with E-state index in [2.05, 4.69) is 5.32 Å². The van der Waals surface area contributed by atoms with Crippen molar-refractivity contribution in [2.45, 2.75) is 11.6 Å². The van der Waals surface area contributed by atoms with Gasteiger partial charge < -0.3 is 14.9 Å². The first-order valence-corrected chi connectivity index (χ1v) is 8.20. The molecule has 3 rings (SSSR count). The number of carboxylic acid groups (broad SMARTS) is 2. The van der Waals surface area contributed by atoms with Crippen LogP contribution in [0.2, 0.25) is 0 Å². The van der Waals surface area contributed by atoms with Crippen molar-refractivity contribution >= 4 is 17.7 Å². The Labute approximate surface area is 159 Å². The predicted octanol–water partition coefficient (Wildman–Crippen LogP) is 2.20. The van der Waals surface area contributed by atoms with Gasteiger partial charge in [-0.05, 0) is 48.0 Å². The smallest absolute Gasteiger partial charge is 0.339 e. The third-order valence-corrected chi connectivity index (χ3v) is 4.55. The van der Waals surface area contributed by atoms with Crippen molar-refractivity contribution in [1.29, 1.82) is 0 Å². The Kier molecular flexibility index (Phi) is 4.98. The van der Waals surface area contributed by atoms with E-state index in [1.807, 2.05) is 0 Å². The maximum absolute atomic E-state index is 13.2. The number of ketones is 1. The third kappa shape index (κ3) is 3.25. The van der Waals surface area contributed by atoms with Gasteiger partial charge in [0.1, 0.15) is 11.6 Å². The SMILES string of the molecule is COc1ccc([C@H]2NC(C(=O)O)(C(=O)O)C=C2C(=O)c2ccc(F)cc2)cc1. The average molecular weight is 385 g/mol. The van der Waals surface area contributed by atoms with Crippen molar-refractivity contribution in [2.75, 3.05) is 7.11 Å². The molecule has 0 saturated carbocycles. The molecule has 144 valence electrons. The fraction of sp³-hybridized carbons (Fsp3) is 0.150. The lowest BCUT2D eigenvalue weighted by Crippen LogP contribution is -2.54. The van der Waals surface area contributed by atoms with E-state index < -0.39 is 35.1 Å². The number of hydrogen-bond acceptors (Lipinski definition) is 5. The average Bonchev–Trinajstić information content (AvgIpc) is 3.10. The Morgan fingerprint density at radius 2 is 1.57 bits per heavy atom. The number of methoxy groups -OCH3 is 1. The highest BCUT2D eigenvalue weighted by Crippen LogP contribution is 2.36. The lowest BCUT2D eigenvalue weighted by atomic mass is 9.93. The lowest BCUT2D eigenvalue weighted by Gasteiger charge is -2.22. The van der Waals surface area contributed by atoms with E-state index >= 15 is 0 Å². The second-order valence-corrected chi connectivity index (χ2v) is 6.20. The van der Waals surface area contributed by atoms with Crippen LogP contribution >= 0.6 is 0 Å². The van der Waals surface area contributed by atoms with Crippen molar-refractivity contribution in [3.63, 3.8) is 0 Å². The number of carbonyl (C=O) groups is 3. The van der Waals surface area contributed by atoms with Crippen LogP contribution in [0.25, 0.3) is 0 Å². The second kappa shape index (κ2) is 7.24. The van der Waals surface area contributed by atoms with Crippen LogP contribution in [-0.2, 0) is 9.59 Å². The fourth-order valence-electron chi connectivity index (χ4n) is 3.03. The van der Waals surface area contributed by atoms with E-state index in [1.54, 1.807) is 24.3 Å². The minimum absolute atomic E-state index is 0.0541. The maximum atomic E-state index is 13.2. The van der Waals surface area contributed by atoms with Gasteiger partial charge in [-0.1, -0.05) is 12.1 Å². The van der Waals surface area contributed by atoms with Gasteiger partial charge in [0, 0.05) is 11.1 Å². The number of nitrogens with one attached hydrogen (secondary N) is 1. The first-order chi connectivity index (χ1) is 13.3. The normalized spacial score (nSPS) is 17.6. The minimum atomic E-state index is -2.46. The molecule has 2 aromatic carbocycles. The summed E-state index contributed by atoms with van der Waals surface area (Å²) >= 11 is 0. The lowest BCUT2D eigenvalue weighted by molar-refractivity contribution is -0.155. The molecule has 0 spiro atoms. The van der Waals surface area contributed by atoms with Gasteiger partial charge in [0.15, 0.2) is 5.78 Å². The van der Waals surface area contributed by atoms with Crippen molar-refractivity contribution in [2.24, 2.45) is 0 Å². The molecule has 1 aliphatic rings. The number of aliphatic carboxylic acids is 2.